The zero-order valence-electron chi connectivity index (χ0n) is 9.88. The third-order valence-electron chi connectivity index (χ3n) is 3.59. The van der Waals surface area contributed by atoms with Crippen molar-refractivity contribution in [1.29, 1.82) is 0 Å². The fraction of sp³-hybridized carbons (Fsp3) is 0.571. The number of benzene rings is 1. The predicted octanol–water partition coefficient (Wildman–Crippen LogP) is 3.15. The zero-order chi connectivity index (χ0) is 11.4. The maximum atomic E-state index is 12.7. The van der Waals surface area contributed by atoms with Gasteiger partial charge in [-0.25, -0.2) is 4.39 Å². The van der Waals surface area contributed by atoms with E-state index >= 15 is 0 Å². The monoisotopic (exact) mass is 221 g/mol. The highest BCUT2D eigenvalue weighted by Crippen LogP contribution is 2.24. The van der Waals surface area contributed by atoms with Crippen molar-refractivity contribution >= 4 is 0 Å². The Labute approximate surface area is 97.1 Å². The number of hydrogen-bond acceptors (Lipinski definition) is 1. The lowest BCUT2D eigenvalue weighted by atomic mass is 10.1. The molecule has 2 heteroatoms. The molecular weight excluding hydrogens is 201 g/mol. The second-order valence-corrected chi connectivity index (χ2v) is 4.85. The average molecular weight is 221 g/mol. The Morgan fingerprint density at radius 3 is 2.62 bits per heavy atom. The summed E-state index contributed by atoms with van der Waals surface area (Å²) < 4.78 is 12.7. The van der Waals surface area contributed by atoms with E-state index in [0.29, 0.717) is 6.04 Å². The summed E-state index contributed by atoms with van der Waals surface area (Å²) in [6, 6.07) is 7.51. The first-order valence-corrected chi connectivity index (χ1v) is 6.23. The quantitative estimate of drug-likeness (QED) is 0.823. The number of hydrogen-bond donors (Lipinski definition) is 1. The van der Waals surface area contributed by atoms with Gasteiger partial charge < -0.3 is 5.32 Å². The van der Waals surface area contributed by atoms with Gasteiger partial charge in [0.1, 0.15) is 5.82 Å². The van der Waals surface area contributed by atoms with Gasteiger partial charge in [0.2, 0.25) is 0 Å². The van der Waals surface area contributed by atoms with Crippen molar-refractivity contribution in [3.8, 4) is 0 Å². The number of halogens is 1. The summed E-state index contributed by atoms with van der Waals surface area (Å²) in [6.07, 6.45) is 5.01. The van der Waals surface area contributed by atoms with Gasteiger partial charge in [-0.05, 0) is 49.4 Å². The number of rotatable bonds is 4. The summed E-state index contributed by atoms with van der Waals surface area (Å²) in [5.41, 5.74) is 1.21. The Morgan fingerprint density at radius 1 is 1.25 bits per heavy atom. The van der Waals surface area contributed by atoms with E-state index in [2.05, 4.69) is 12.2 Å². The Bertz CT molecular complexity index is 320. The van der Waals surface area contributed by atoms with Crippen molar-refractivity contribution in [2.45, 2.75) is 38.6 Å². The van der Waals surface area contributed by atoms with Crippen LogP contribution in [0.5, 0.6) is 0 Å². The lowest BCUT2D eigenvalue weighted by Crippen LogP contribution is -2.32. The van der Waals surface area contributed by atoms with Gasteiger partial charge in [-0.1, -0.05) is 25.5 Å². The molecule has 0 spiro atoms. The second kappa shape index (κ2) is 5.44. The van der Waals surface area contributed by atoms with E-state index in [9.17, 15) is 4.39 Å². The third-order valence-corrected chi connectivity index (χ3v) is 3.59. The Kier molecular flexibility index (Phi) is 3.94. The van der Waals surface area contributed by atoms with E-state index in [1.807, 2.05) is 12.1 Å². The molecule has 0 saturated heterocycles. The maximum Gasteiger partial charge on any atom is 0.123 e. The highest BCUT2D eigenvalue weighted by Gasteiger charge is 2.21. The molecule has 2 atom stereocenters. The highest BCUT2D eigenvalue weighted by molar-refractivity contribution is 5.16. The maximum absolute atomic E-state index is 12.7. The summed E-state index contributed by atoms with van der Waals surface area (Å²) in [6.45, 7) is 3.32. The standard InChI is InChI=1S/C14H20FN/c1-11-3-2-4-14(11)16-10-9-12-5-7-13(15)8-6-12/h5-8,11,14,16H,2-4,9-10H2,1H3. The van der Waals surface area contributed by atoms with Crippen LogP contribution >= 0.6 is 0 Å². The van der Waals surface area contributed by atoms with Crippen LogP contribution in [0.4, 0.5) is 4.39 Å². The molecule has 0 radical (unpaired) electrons. The molecule has 2 rings (SSSR count). The molecule has 1 aliphatic carbocycles. The first-order chi connectivity index (χ1) is 7.75. The van der Waals surface area contributed by atoms with Crippen molar-refractivity contribution < 1.29 is 4.39 Å². The summed E-state index contributed by atoms with van der Waals surface area (Å²) in [7, 11) is 0. The van der Waals surface area contributed by atoms with Crippen LogP contribution in [0.15, 0.2) is 24.3 Å². The Hall–Kier alpha value is -0.890. The van der Waals surface area contributed by atoms with Gasteiger partial charge in [-0.2, -0.15) is 0 Å². The molecule has 0 bridgehead atoms. The molecule has 0 aliphatic heterocycles. The van der Waals surface area contributed by atoms with Crippen LogP contribution in [-0.2, 0) is 6.42 Å². The average Bonchev–Trinajstić information content (AvgIpc) is 2.68. The lowest BCUT2D eigenvalue weighted by molar-refractivity contribution is 0.430. The number of nitrogens with one attached hydrogen (secondary N) is 1. The van der Waals surface area contributed by atoms with Crippen LogP contribution in [0.25, 0.3) is 0 Å². The smallest absolute Gasteiger partial charge is 0.123 e. The van der Waals surface area contributed by atoms with E-state index in [0.717, 1.165) is 18.9 Å². The first kappa shape index (κ1) is 11.6. The minimum Gasteiger partial charge on any atom is -0.313 e. The molecule has 1 fully saturated rings. The van der Waals surface area contributed by atoms with Crippen LogP contribution in [0.1, 0.15) is 31.7 Å². The van der Waals surface area contributed by atoms with E-state index < -0.39 is 0 Å². The van der Waals surface area contributed by atoms with Crippen LogP contribution < -0.4 is 5.32 Å². The van der Waals surface area contributed by atoms with Gasteiger partial charge in [0.15, 0.2) is 0 Å². The largest absolute Gasteiger partial charge is 0.313 e. The van der Waals surface area contributed by atoms with Gasteiger partial charge >= 0.3 is 0 Å². The minimum atomic E-state index is -0.152. The van der Waals surface area contributed by atoms with Crippen LogP contribution in [-0.4, -0.2) is 12.6 Å². The predicted molar refractivity (Wildman–Crippen MR) is 64.9 cm³/mol. The fourth-order valence-electron chi connectivity index (χ4n) is 2.50. The van der Waals surface area contributed by atoms with Crippen molar-refractivity contribution in [1.82, 2.24) is 5.32 Å². The molecule has 0 heterocycles. The molecule has 16 heavy (non-hydrogen) atoms. The molecule has 88 valence electrons. The highest BCUT2D eigenvalue weighted by atomic mass is 19.1. The SMILES string of the molecule is CC1CCCC1NCCc1ccc(F)cc1. The molecule has 2 unspecified atom stereocenters. The van der Waals surface area contributed by atoms with Gasteiger partial charge in [0, 0.05) is 6.04 Å². The summed E-state index contributed by atoms with van der Waals surface area (Å²) in [4.78, 5) is 0. The molecule has 1 aromatic carbocycles. The third kappa shape index (κ3) is 3.05. The fourth-order valence-corrected chi connectivity index (χ4v) is 2.50. The van der Waals surface area contributed by atoms with E-state index in [4.69, 9.17) is 0 Å². The lowest BCUT2D eigenvalue weighted by Gasteiger charge is -2.17. The summed E-state index contributed by atoms with van der Waals surface area (Å²) in [5.74, 6) is 0.661. The molecule has 1 aromatic rings. The molecule has 0 aromatic heterocycles. The van der Waals surface area contributed by atoms with Crippen molar-refractivity contribution in [2.75, 3.05) is 6.54 Å². The second-order valence-electron chi connectivity index (χ2n) is 4.85. The van der Waals surface area contributed by atoms with Gasteiger partial charge in [-0.15, -0.1) is 0 Å². The molecule has 1 saturated carbocycles. The van der Waals surface area contributed by atoms with Crippen molar-refractivity contribution in [3.63, 3.8) is 0 Å². The van der Waals surface area contributed by atoms with Crippen molar-refractivity contribution in [3.05, 3.63) is 35.6 Å². The van der Waals surface area contributed by atoms with Crippen molar-refractivity contribution in [2.24, 2.45) is 5.92 Å². The van der Waals surface area contributed by atoms with Gasteiger partial charge in [0.05, 0.1) is 0 Å². The van der Waals surface area contributed by atoms with E-state index in [-0.39, 0.29) is 5.82 Å². The molecule has 1 nitrogen and oxygen atoms in total. The molecule has 0 amide bonds. The normalized spacial score (nSPS) is 24.9. The molecular formula is C14H20FN. The van der Waals surface area contributed by atoms with E-state index in [1.165, 1.54) is 37.0 Å². The zero-order valence-corrected chi connectivity index (χ0v) is 9.88. The summed E-state index contributed by atoms with van der Waals surface area (Å²) >= 11 is 0. The van der Waals surface area contributed by atoms with Crippen LogP contribution in [0.2, 0.25) is 0 Å². The molecule has 1 aliphatic rings. The van der Waals surface area contributed by atoms with Crippen LogP contribution in [0, 0.1) is 11.7 Å². The minimum absolute atomic E-state index is 0.152. The topological polar surface area (TPSA) is 12.0 Å². The van der Waals surface area contributed by atoms with E-state index in [1.54, 1.807) is 0 Å². The molecule has 1 N–H and O–H groups in total. The first-order valence-electron chi connectivity index (χ1n) is 6.23. The Morgan fingerprint density at radius 2 is 2.00 bits per heavy atom. The van der Waals surface area contributed by atoms with Crippen LogP contribution in [0.3, 0.4) is 0 Å². The van der Waals surface area contributed by atoms with Gasteiger partial charge in [-0.3, -0.25) is 0 Å². The summed E-state index contributed by atoms with van der Waals surface area (Å²) in [5, 5.41) is 3.60. The Balaban J connectivity index is 1.73. The van der Waals surface area contributed by atoms with Gasteiger partial charge in [0.25, 0.3) is 0 Å².